The Morgan fingerprint density at radius 1 is 0.600 bits per heavy atom. The van der Waals surface area contributed by atoms with E-state index in [2.05, 4.69) is 26.0 Å². The van der Waals surface area contributed by atoms with Crippen LogP contribution >= 0.6 is 7.82 Å². The Labute approximate surface area is 360 Å². The van der Waals surface area contributed by atoms with Gasteiger partial charge < -0.3 is 45.0 Å². The number of aliphatic hydroxyl groups is 6. The summed E-state index contributed by atoms with van der Waals surface area (Å²) >= 11 is 0. The van der Waals surface area contributed by atoms with E-state index in [0.717, 1.165) is 38.5 Å². The molecule has 60 heavy (non-hydrogen) atoms. The van der Waals surface area contributed by atoms with Gasteiger partial charge >= 0.3 is 19.8 Å². The molecule has 15 heteroatoms. The van der Waals surface area contributed by atoms with Crippen LogP contribution in [0.5, 0.6) is 0 Å². The lowest BCUT2D eigenvalue weighted by Gasteiger charge is -2.41. The Balaban J connectivity index is 2.55. The van der Waals surface area contributed by atoms with E-state index in [4.69, 9.17) is 18.5 Å². The number of carbonyl (C=O) groups excluding carboxylic acids is 2. The normalized spacial score (nSPS) is 23.0. The van der Waals surface area contributed by atoms with Crippen LogP contribution in [0, 0.1) is 0 Å². The molecule has 4 unspecified atom stereocenters. The van der Waals surface area contributed by atoms with Gasteiger partial charge in [-0.25, -0.2) is 4.57 Å². The molecule has 0 spiro atoms. The van der Waals surface area contributed by atoms with Crippen LogP contribution in [0.3, 0.4) is 0 Å². The van der Waals surface area contributed by atoms with Gasteiger partial charge in [0.15, 0.2) is 6.10 Å². The summed E-state index contributed by atoms with van der Waals surface area (Å²) in [5, 5.41) is 60.4. The van der Waals surface area contributed by atoms with Crippen molar-refractivity contribution in [2.24, 2.45) is 0 Å². The fourth-order valence-electron chi connectivity index (χ4n) is 6.83. The van der Waals surface area contributed by atoms with Crippen LogP contribution in [0.1, 0.15) is 174 Å². The smallest absolute Gasteiger partial charge is 0.462 e. The highest BCUT2D eigenvalue weighted by atomic mass is 31.2. The number of hydrogen-bond acceptors (Lipinski definition) is 13. The molecule has 9 atom stereocenters. The van der Waals surface area contributed by atoms with Crippen molar-refractivity contribution in [3.63, 3.8) is 0 Å². The molecule has 1 saturated carbocycles. The molecule has 0 heterocycles. The molecule has 1 aliphatic rings. The number of aliphatic hydroxyl groups excluding tert-OH is 6. The van der Waals surface area contributed by atoms with E-state index in [9.17, 15) is 49.7 Å². The van der Waals surface area contributed by atoms with Gasteiger partial charge in [-0.1, -0.05) is 159 Å². The van der Waals surface area contributed by atoms with Crippen molar-refractivity contribution in [1.29, 1.82) is 0 Å². The van der Waals surface area contributed by atoms with Gasteiger partial charge in [-0.3, -0.25) is 18.6 Å². The van der Waals surface area contributed by atoms with Crippen LogP contribution in [0.15, 0.2) is 36.5 Å². The molecule has 0 aliphatic heterocycles. The molecule has 0 aromatic heterocycles. The number of rotatable bonds is 37. The third-order valence-electron chi connectivity index (χ3n) is 10.6. The number of unbranched alkanes of at least 4 members (excludes halogenated alkanes) is 18. The van der Waals surface area contributed by atoms with Crippen molar-refractivity contribution < 1.29 is 68.2 Å². The first kappa shape index (κ1) is 56.0. The van der Waals surface area contributed by atoms with Gasteiger partial charge in [0, 0.05) is 12.8 Å². The van der Waals surface area contributed by atoms with E-state index in [-0.39, 0.29) is 12.8 Å². The highest BCUT2D eigenvalue weighted by molar-refractivity contribution is 7.47. The molecule has 1 rings (SSSR count). The highest BCUT2D eigenvalue weighted by Gasteiger charge is 2.51. The number of carbonyl (C=O) groups is 2. The van der Waals surface area contributed by atoms with Crippen molar-refractivity contribution >= 4 is 19.8 Å². The maximum Gasteiger partial charge on any atom is 0.472 e. The first-order chi connectivity index (χ1) is 28.8. The average molecular weight is 877 g/mol. The van der Waals surface area contributed by atoms with E-state index in [1.807, 2.05) is 12.2 Å². The summed E-state index contributed by atoms with van der Waals surface area (Å²) in [6.07, 6.45) is 22.2. The molecular weight excluding hydrogens is 795 g/mol. The quantitative estimate of drug-likeness (QED) is 0.0105. The molecule has 0 saturated heterocycles. The summed E-state index contributed by atoms with van der Waals surface area (Å²) in [6.45, 7) is 3.12. The maximum absolute atomic E-state index is 12.8. The predicted octanol–water partition coefficient (Wildman–Crippen LogP) is 7.58. The van der Waals surface area contributed by atoms with Crippen molar-refractivity contribution in [2.75, 3.05) is 13.2 Å². The number of ether oxygens (including phenoxy) is 2. The Morgan fingerprint density at radius 2 is 1.10 bits per heavy atom. The molecular formula is C45H81O14P. The second kappa shape index (κ2) is 35.5. The van der Waals surface area contributed by atoms with Crippen LogP contribution in [0.2, 0.25) is 0 Å². The molecule has 0 aromatic carbocycles. The van der Waals surface area contributed by atoms with Crippen molar-refractivity contribution in [3.05, 3.63) is 36.5 Å². The van der Waals surface area contributed by atoms with Crippen molar-refractivity contribution in [1.82, 2.24) is 0 Å². The van der Waals surface area contributed by atoms with Crippen LogP contribution in [0.25, 0.3) is 0 Å². The second-order valence-electron chi connectivity index (χ2n) is 16.1. The summed E-state index contributed by atoms with van der Waals surface area (Å²) in [7, 11) is -5.16. The van der Waals surface area contributed by atoms with Crippen LogP contribution in [-0.2, 0) is 32.7 Å². The SMILES string of the molecule is CCCCCCCC/C=C/C/C=C/C=C/C(O)CCCC(=O)OC[C@H](COP(=O)(O)OC1[C@H](O)[C@H](O)C(O)[C@H](O)[C@H]1O)OC(=O)CCCCCCCCCCCCCCC. The van der Waals surface area contributed by atoms with E-state index < -0.39 is 81.8 Å². The standard InChI is InChI=1S/C45H81O14P/c1-3-5-7-9-11-13-15-17-19-21-23-25-27-30-36(46)31-29-33-38(47)56-34-37(35-57-60(54,55)59-45-43(52)41(50)40(49)42(51)44(45)53)58-39(48)32-28-26-24-22-20-18-16-14-12-10-8-6-4-2/h17,19,23,25,27,30,36-37,40-46,49-53H,3-16,18,20-22,24,26,28-29,31-35H2,1-2H3,(H,54,55)/b19-17+,25-23+,30-27+/t36?,37-,40?,41-,42+,43-,44-,45?/m1/s1. The van der Waals surface area contributed by atoms with Gasteiger partial charge in [0.2, 0.25) is 0 Å². The molecule has 0 radical (unpaired) electrons. The average Bonchev–Trinajstić information content (AvgIpc) is 3.22. The fraction of sp³-hybridized carbons (Fsp3) is 0.822. The zero-order valence-corrected chi connectivity index (χ0v) is 37.5. The molecule has 7 N–H and O–H groups in total. The van der Waals surface area contributed by atoms with Gasteiger partial charge in [-0.15, -0.1) is 0 Å². The minimum Gasteiger partial charge on any atom is -0.462 e. The zero-order chi connectivity index (χ0) is 44.4. The lowest BCUT2D eigenvalue weighted by Crippen LogP contribution is -2.64. The lowest BCUT2D eigenvalue weighted by molar-refractivity contribution is -0.220. The topological polar surface area (TPSA) is 230 Å². The third-order valence-corrected chi connectivity index (χ3v) is 11.6. The van der Waals surface area contributed by atoms with E-state index in [1.165, 1.54) is 89.9 Å². The number of esters is 2. The Bertz CT molecular complexity index is 1210. The Hall–Kier alpha value is -1.97. The molecule has 0 amide bonds. The molecule has 1 fully saturated rings. The zero-order valence-electron chi connectivity index (χ0n) is 36.6. The summed E-state index contributed by atoms with van der Waals surface area (Å²) in [5.41, 5.74) is 0. The first-order valence-electron chi connectivity index (χ1n) is 22.9. The number of allylic oxidation sites excluding steroid dienone is 5. The Morgan fingerprint density at radius 3 is 1.67 bits per heavy atom. The molecule has 0 bridgehead atoms. The molecule has 14 nitrogen and oxygen atoms in total. The number of phosphoric ester groups is 1. The molecule has 1 aliphatic carbocycles. The van der Waals surface area contributed by atoms with Gasteiger partial charge in [0.1, 0.15) is 43.2 Å². The van der Waals surface area contributed by atoms with Gasteiger partial charge in [-0.2, -0.15) is 0 Å². The van der Waals surface area contributed by atoms with Crippen LogP contribution < -0.4 is 0 Å². The number of phosphoric acid groups is 1. The first-order valence-corrected chi connectivity index (χ1v) is 24.4. The summed E-state index contributed by atoms with van der Waals surface area (Å²) in [6, 6.07) is 0. The molecule has 0 aromatic rings. The summed E-state index contributed by atoms with van der Waals surface area (Å²) in [5.74, 6) is -1.29. The number of hydrogen-bond donors (Lipinski definition) is 7. The minimum atomic E-state index is -5.16. The third kappa shape index (κ3) is 27.9. The van der Waals surface area contributed by atoms with E-state index in [1.54, 1.807) is 12.2 Å². The summed E-state index contributed by atoms with van der Waals surface area (Å²) in [4.78, 5) is 35.7. The predicted molar refractivity (Wildman–Crippen MR) is 232 cm³/mol. The van der Waals surface area contributed by atoms with Crippen molar-refractivity contribution in [2.45, 2.75) is 223 Å². The van der Waals surface area contributed by atoms with Gasteiger partial charge in [0.25, 0.3) is 0 Å². The van der Waals surface area contributed by atoms with E-state index in [0.29, 0.717) is 19.3 Å². The van der Waals surface area contributed by atoms with Gasteiger partial charge in [0.05, 0.1) is 12.7 Å². The van der Waals surface area contributed by atoms with E-state index >= 15 is 0 Å². The maximum atomic E-state index is 12.8. The highest BCUT2D eigenvalue weighted by Crippen LogP contribution is 2.47. The monoisotopic (exact) mass is 877 g/mol. The molecule has 350 valence electrons. The lowest BCUT2D eigenvalue weighted by atomic mass is 9.85. The van der Waals surface area contributed by atoms with Crippen LogP contribution in [-0.4, -0.2) is 110 Å². The minimum absolute atomic E-state index is 0.0554. The van der Waals surface area contributed by atoms with Crippen molar-refractivity contribution in [3.8, 4) is 0 Å². The Kier molecular flexibility index (Phi) is 33.1. The van der Waals surface area contributed by atoms with Crippen LogP contribution in [0.4, 0.5) is 0 Å². The summed E-state index contributed by atoms with van der Waals surface area (Å²) < 4.78 is 33.3. The largest absolute Gasteiger partial charge is 0.472 e. The fourth-order valence-corrected chi connectivity index (χ4v) is 7.80. The second-order valence-corrected chi connectivity index (χ2v) is 17.5. The van der Waals surface area contributed by atoms with Gasteiger partial charge in [-0.05, 0) is 38.5 Å².